The third kappa shape index (κ3) is 7.68. The number of rotatable bonds is 6. The van der Waals surface area contributed by atoms with Crippen LogP contribution in [-0.2, 0) is 16.0 Å². The first-order valence-corrected chi connectivity index (χ1v) is 8.10. The van der Waals surface area contributed by atoms with E-state index >= 15 is 0 Å². The Kier molecular flexibility index (Phi) is 7.07. The van der Waals surface area contributed by atoms with Gasteiger partial charge in [-0.15, -0.1) is 0 Å². The molecule has 1 aromatic carbocycles. The fraction of sp³-hybridized carbons (Fsp3) is 0.556. The Hall–Kier alpha value is -2.04. The molecule has 0 spiro atoms. The zero-order valence-corrected chi connectivity index (χ0v) is 14.7. The Morgan fingerprint density at radius 1 is 1.17 bits per heavy atom. The lowest BCUT2D eigenvalue weighted by atomic mass is 10.1. The van der Waals surface area contributed by atoms with Crippen LogP contribution in [-0.4, -0.2) is 23.6 Å². The van der Waals surface area contributed by atoms with Gasteiger partial charge in [-0.1, -0.05) is 25.5 Å². The van der Waals surface area contributed by atoms with Crippen molar-refractivity contribution in [2.45, 2.75) is 65.5 Å². The number of ether oxygens (including phenoxy) is 1. The molecule has 5 nitrogen and oxygen atoms in total. The number of nitrogens with one attached hydrogen (secondary N) is 2. The van der Waals surface area contributed by atoms with Crippen molar-refractivity contribution in [3.63, 3.8) is 0 Å². The van der Waals surface area contributed by atoms with Gasteiger partial charge in [0.1, 0.15) is 11.6 Å². The lowest BCUT2D eigenvalue weighted by Crippen LogP contribution is -2.43. The molecule has 0 aromatic heterocycles. The van der Waals surface area contributed by atoms with Gasteiger partial charge >= 0.3 is 6.09 Å². The summed E-state index contributed by atoms with van der Waals surface area (Å²) in [6.45, 7) is 9.11. The first kappa shape index (κ1) is 19.0. The average Bonchev–Trinajstić information content (AvgIpc) is 2.44. The van der Waals surface area contributed by atoms with Crippen LogP contribution in [0.2, 0.25) is 0 Å². The van der Waals surface area contributed by atoms with Crippen LogP contribution in [0.25, 0.3) is 0 Å². The van der Waals surface area contributed by atoms with Crippen molar-refractivity contribution >= 4 is 17.7 Å². The first-order chi connectivity index (χ1) is 10.7. The largest absolute Gasteiger partial charge is 0.444 e. The van der Waals surface area contributed by atoms with E-state index in [1.807, 2.05) is 24.3 Å². The maximum atomic E-state index is 12.1. The number of aryl methyl sites for hydroxylation is 1. The maximum absolute atomic E-state index is 12.1. The van der Waals surface area contributed by atoms with Gasteiger partial charge in [0, 0.05) is 5.69 Å². The molecule has 0 aliphatic rings. The minimum absolute atomic E-state index is 0.280. The molecule has 0 bridgehead atoms. The Morgan fingerprint density at radius 2 is 1.78 bits per heavy atom. The summed E-state index contributed by atoms with van der Waals surface area (Å²) in [5, 5.41) is 5.31. The SMILES string of the molecule is CCCCc1ccc(NC(=O)C(C)NC(=O)OC(C)(C)C)cc1. The fourth-order valence-corrected chi connectivity index (χ4v) is 1.94. The molecule has 2 amide bonds. The van der Waals surface area contributed by atoms with Crippen molar-refractivity contribution in [3.05, 3.63) is 29.8 Å². The van der Waals surface area contributed by atoms with E-state index in [1.54, 1.807) is 27.7 Å². The van der Waals surface area contributed by atoms with Gasteiger partial charge in [-0.3, -0.25) is 4.79 Å². The van der Waals surface area contributed by atoms with Crippen LogP contribution in [0.3, 0.4) is 0 Å². The van der Waals surface area contributed by atoms with Gasteiger partial charge in [-0.05, 0) is 58.2 Å². The van der Waals surface area contributed by atoms with Crippen LogP contribution in [0.15, 0.2) is 24.3 Å². The normalized spacial score (nSPS) is 12.4. The van der Waals surface area contributed by atoms with Crippen LogP contribution >= 0.6 is 0 Å². The van der Waals surface area contributed by atoms with Crippen LogP contribution in [0.5, 0.6) is 0 Å². The Balaban J connectivity index is 2.50. The molecule has 0 radical (unpaired) electrons. The Morgan fingerprint density at radius 3 is 2.30 bits per heavy atom. The molecule has 1 unspecified atom stereocenters. The number of benzene rings is 1. The third-order valence-electron chi connectivity index (χ3n) is 3.17. The third-order valence-corrected chi connectivity index (χ3v) is 3.17. The van der Waals surface area contributed by atoms with Gasteiger partial charge in [0.25, 0.3) is 0 Å². The van der Waals surface area contributed by atoms with Gasteiger partial charge in [-0.2, -0.15) is 0 Å². The van der Waals surface area contributed by atoms with Crippen molar-refractivity contribution in [2.24, 2.45) is 0 Å². The second kappa shape index (κ2) is 8.56. The van der Waals surface area contributed by atoms with Gasteiger partial charge in [0.2, 0.25) is 5.91 Å². The van der Waals surface area contributed by atoms with E-state index in [0.717, 1.165) is 19.3 Å². The van der Waals surface area contributed by atoms with E-state index in [-0.39, 0.29) is 5.91 Å². The molecule has 1 rings (SSSR count). The molecule has 23 heavy (non-hydrogen) atoms. The molecule has 0 aliphatic heterocycles. The molecular weight excluding hydrogens is 292 g/mol. The van der Waals surface area contributed by atoms with Gasteiger partial charge < -0.3 is 15.4 Å². The molecule has 0 aliphatic carbocycles. The molecule has 1 atom stereocenters. The summed E-state index contributed by atoms with van der Waals surface area (Å²) in [6, 6.07) is 7.10. The fourth-order valence-electron chi connectivity index (χ4n) is 1.94. The zero-order chi connectivity index (χ0) is 17.5. The van der Waals surface area contributed by atoms with E-state index in [4.69, 9.17) is 4.74 Å². The standard InChI is InChI=1S/C18H28N2O3/c1-6-7-8-14-9-11-15(12-10-14)20-16(21)13(2)19-17(22)23-18(3,4)5/h9-13H,6-8H2,1-5H3,(H,19,22)(H,20,21). The highest BCUT2D eigenvalue weighted by molar-refractivity contribution is 5.96. The number of anilines is 1. The summed E-state index contributed by atoms with van der Waals surface area (Å²) in [5.41, 5.74) is 1.38. The van der Waals surface area contributed by atoms with E-state index in [9.17, 15) is 9.59 Å². The quantitative estimate of drug-likeness (QED) is 0.836. The molecule has 1 aromatic rings. The van der Waals surface area contributed by atoms with Gasteiger partial charge in [0.15, 0.2) is 0 Å². The summed E-state index contributed by atoms with van der Waals surface area (Å²) in [7, 11) is 0. The van der Waals surface area contributed by atoms with E-state index in [2.05, 4.69) is 17.6 Å². The van der Waals surface area contributed by atoms with Crippen molar-refractivity contribution in [1.82, 2.24) is 5.32 Å². The molecule has 0 heterocycles. The monoisotopic (exact) mass is 320 g/mol. The second-order valence-corrected chi connectivity index (χ2v) is 6.66. The zero-order valence-electron chi connectivity index (χ0n) is 14.7. The summed E-state index contributed by atoms with van der Waals surface area (Å²) >= 11 is 0. The van der Waals surface area contributed by atoms with Crippen molar-refractivity contribution in [3.8, 4) is 0 Å². The van der Waals surface area contributed by atoms with Crippen LogP contribution in [0, 0.1) is 0 Å². The summed E-state index contributed by atoms with van der Waals surface area (Å²) in [5.74, 6) is -0.280. The predicted molar refractivity (Wildman–Crippen MR) is 92.5 cm³/mol. The average molecular weight is 320 g/mol. The van der Waals surface area contributed by atoms with Gasteiger partial charge in [-0.25, -0.2) is 4.79 Å². The molecular formula is C18H28N2O3. The lowest BCUT2D eigenvalue weighted by molar-refractivity contribution is -0.117. The minimum atomic E-state index is -0.676. The Labute approximate surface area is 138 Å². The number of unbranched alkanes of at least 4 members (excludes halogenated alkanes) is 1. The Bertz CT molecular complexity index is 518. The second-order valence-electron chi connectivity index (χ2n) is 6.66. The van der Waals surface area contributed by atoms with Crippen LogP contribution < -0.4 is 10.6 Å². The number of hydrogen-bond donors (Lipinski definition) is 2. The molecule has 0 saturated carbocycles. The topological polar surface area (TPSA) is 67.4 Å². The summed E-state index contributed by atoms with van der Waals surface area (Å²) in [6.07, 6.45) is 2.76. The lowest BCUT2D eigenvalue weighted by Gasteiger charge is -2.21. The number of carbonyl (C=O) groups excluding carboxylic acids is 2. The first-order valence-electron chi connectivity index (χ1n) is 8.10. The summed E-state index contributed by atoms with van der Waals surface area (Å²) in [4.78, 5) is 23.7. The molecule has 0 saturated heterocycles. The molecule has 128 valence electrons. The highest BCUT2D eigenvalue weighted by atomic mass is 16.6. The molecule has 5 heteroatoms. The number of carbonyl (C=O) groups is 2. The smallest absolute Gasteiger partial charge is 0.408 e. The minimum Gasteiger partial charge on any atom is -0.444 e. The van der Waals surface area contributed by atoms with Crippen LogP contribution in [0.1, 0.15) is 53.0 Å². The number of hydrogen-bond acceptors (Lipinski definition) is 3. The van der Waals surface area contributed by atoms with Crippen LogP contribution in [0.4, 0.5) is 10.5 Å². The van der Waals surface area contributed by atoms with Gasteiger partial charge in [0.05, 0.1) is 0 Å². The maximum Gasteiger partial charge on any atom is 0.408 e. The summed E-state index contributed by atoms with van der Waals surface area (Å²) < 4.78 is 5.13. The van der Waals surface area contributed by atoms with E-state index in [0.29, 0.717) is 5.69 Å². The number of alkyl carbamates (subject to hydrolysis) is 1. The number of amides is 2. The van der Waals surface area contributed by atoms with Crippen molar-refractivity contribution in [1.29, 1.82) is 0 Å². The molecule has 0 fully saturated rings. The van der Waals surface area contributed by atoms with E-state index in [1.165, 1.54) is 5.56 Å². The van der Waals surface area contributed by atoms with Crippen molar-refractivity contribution in [2.75, 3.05) is 5.32 Å². The highest BCUT2D eigenvalue weighted by Crippen LogP contribution is 2.12. The van der Waals surface area contributed by atoms with E-state index < -0.39 is 17.7 Å². The highest BCUT2D eigenvalue weighted by Gasteiger charge is 2.20. The predicted octanol–water partition coefficient (Wildman–Crippen LogP) is 3.88. The van der Waals surface area contributed by atoms with Crippen molar-refractivity contribution < 1.29 is 14.3 Å². The molecule has 2 N–H and O–H groups in total.